The number of rotatable bonds is 6. The Balaban J connectivity index is 1.52. The van der Waals surface area contributed by atoms with Gasteiger partial charge in [-0.25, -0.2) is 14.8 Å². The Morgan fingerprint density at radius 1 is 1.30 bits per heavy atom. The number of carbonyl (C=O) groups is 2. The van der Waals surface area contributed by atoms with E-state index in [0.717, 1.165) is 16.3 Å². The molecule has 1 aliphatic rings. The van der Waals surface area contributed by atoms with E-state index in [-0.39, 0.29) is 18.9 Å². The Bertz CT molecular complexity index is 1200. The molecule has 4 heterocycles. The van der Waals surface area contributed by atoms with Gasteiger partial charge in [0.15, 0.2) is 0 Å². The average molecular weight is 465 g/mol. The second kappa shape index (κ2) is 9.83. The average Bonchev–Trinajstić information content (AvgIpc) is 3.41. The first kappa shape index (κ1) is 22.5. The lowest BCUT2D eigenvalue weighted by atomic mass is 10.0. The first-order chi connectivity index (χ1) is 16.0. The van der Waals surface area contributed by atoms with Crippen LogP contribution in [0.4, 0.5) is 15.6 Å². The molecule has 0 fully saturated rings. The summed E-state index contributed by atoms with van der Waals surface area (Å²) < 4.78 is 7.38. The summed E-state index contributed by atoms with van der Waals surface area (Å²) in [5, 5.41) is 10.5. The van der Waals surface area contributed by atoms with E-state index in [1.54, 1.807) is 42.4 Å². The van der Waals surface area contributed by atoms with Crippen molar-refractivity contribution in [2.24, 2.45) is 0 Å². The maximum atomic E-state index is 12.8. The second-order valence-electron chi connectivity index (χ2n) is 7.52. The maximum absolute atomic E-state index is 12.8. The van der Waals surface area contributed by atoms with Crippen molar-refractivity contribution < 1.29 is 14.3 Å². The zero-order valence-electron chi connectivity index (χ0n) is 18.5. The number of fused-ring (bicyclic) bond motifs is 1. The molecule has 0 saturated carbocycles. The van der Waals surface area contributed by atoms with Crippen LogP contribution < -0.4 is 4.90 Å². The van der Waals surface area contributed by atoms with Gasteiger partial charge in [-0.2, -0.15) is 5.26 Å². The Labute approximate surface area is 195 Å². The van der Waals surface area contributed by atoms with Crippen LogP contribution in [0.25, 0.3) is 0 Å². The quantitative estimate of drug-likeness (QED) is 0.550. The molecule has 0 unspecified atom stereocenters. The number of pyridine rings is 1. The van der Waals surface area contributed by atoms with Gasteiger partial charge in [-0.3, -0.25) is 9.69 Å². The predicted octanol–water partition coefficient (Wildman–Crippen LogP) is 3.79. The first-order valence-corrected chi connectivity index (χ1v) is 11.5. The summed E-state index contributed by atoms with van der Waals surface area (Å²) in [6, 6.07) is 7.61. The number of thiophene rings is 1. The zero-order chi connectivity index (χ0) is 23.4. The Kier molecular flexibility index (Phi) is 6.70. The molecular formula is C23H24N6O3S. The van der Waals surface area contributed by atoms with Crippen LogP contribution in [-0.4, -0.2) is 44.6 Å². The number of nitriles is 1. The van der Waals surface area contributed by atoms with Crippen molar-refractivity contribution in [1.29, 1.82) is 5.26 Å². The van der Waals surface area contributed by atoms with Crippen molar-refractivity contribution in [3.8, 4) is 6.07 Å². The number of imidazole rings is 1. The van der Waals surface area contributed by atoms with Crippen molar-refractivity contribution in [3.05, 3.63) is 58.6 Å². The molecular weight excluding hydrogens is 440 g/mol. The van der Waals surface area contributed by atoms with Crippen LogP contribution in [0.3, 0.4) is 0 Å². The first-order valence-electron chi connectivity index (χ1n) is 10.7. The monoisotopic (exact) mass is 464 g/mol. The zero-order valence-corrected chi connectivity index (χ0v) is 19.3. The minimum atomic E-state index is -0.391. The number of hydrogen-bond acceptors (Lipinski definition) is 7. The van der Waals surface area contributed by atoms with Crippen molar-refractivity contribution in [2.45, 2.75) is 39.8 Å². The Morgan fingerprint density at radius 2 is 2.15 bits per heavy atom. The molecule has 0 bridgehead atoms. The number of anilines is 2. The molecule has 0 saturated heterocycles. The molecule has 170 valence electrons. The highest BCUT2D eigenvalue weighted by molar-refractivity contribution is 7.16. The van der Waals surface area contributed by atoms with Gasteiger partial charge >= 0.3 is 6.09 Å². The standard InChI is InChI=1S/C23H24N6O3S/c1-3-21(30)29(20-6-4-5-8-26-20)22-18(14-24)17-7-10-28(15-19(17)33-22)23(31)32-13-12-27-11-9-25-16(27)2/h4-6,8-9,11H,3,7,10,12-13,15H2,1-2H3. The van der Waals surface area contributed by atoms with E-state index in [1.807, 2.05) is 17.7 Å². The number of hydrogen-bond donors (Lipinski definition) is 0. The molecule has 2 amide bonds. The largest absolute Gasteiger partial charge is 0.448 e. The fourth-order valence-electron chi connectivity index (χ4n) is 3.77. The molecule has 9 nitrogen and oxygen atoms in total. The fraction of sp³-hybridized carbons (Fsp3) is 0.348. The summed E-state index contributed by atoms with van der Waals surface area (Å²) in [7, 11) is 0. The van der Waals surface area contributed by atoms with Crippen LogP contribution in [0.5, 0.6) is 0 Å². The molecule has 0 aromatic carbocycles. The molecule has 10 heteroatoms. The smallest absolute Gasteiger partial charge is 0.410 e. The highest BCUT2D eigenvalue weighted by Gasteiger charge is 2.31. The highest BCUT2D eigenvalue weighted by Crippen LogP contribution is 2.41. The number of carbonyl (C=O) groups excluding carboxylic acids is 2. The molecule has 0 radical (unpaired) electrons. The lowest BCUT2D eigenvalue weighted by Crippen LogP contribution is -2.36. The van der Waals surface area contributed by atoms with Crippen LogP contribution in [0.15, 0.2) is 36.8 Å². The summed E-state index contributed by atoms with van der Waals surface area (Å²) in [6.45, 7) is 5.25. The van der Waals surface area contributed by atoms with Gasteiger partial charge in [0, 0.05) is 36.4 Å². The third-order valence-electron chi connectivity index (χ3n) is 5.52. The summed E-state index contributed by atoms with van der Waals surface area (Å²) in [5.74, 6) is 1.20. The molecule has 0 atom stereocenters. The van der Waals surface area contributed by atoms with Crippen molar-refractivity contribution in [1.82, 2.24) is 19.4 Å². The van der Waals surface area contributed by atoms with Gasteiger partial charge in [0.1, 0.15) is 29.3 Å². The number of amides is 2. The van der Waals surface area contributed by atoms with Crippen LogP contribution in [-0.2, 0) is 29.0 Å². The normalized spacial score (nSPS) is 12.7. The third-order valence-corrected chi connectivity index (χ3v) is 6.72. The van der Waals surface area contributed by atoms with Crippen LogP contribution in [0.2, 0.25) is 0 Å². The SMILES string of the molecule is CCC(=O)N(c1ccccn1)c1sc2c(c1C#N)CCN(C(=O)OCCn1ccnc1C)C2. The van der Waals surface area contributed by atoms with Crippen molar-refractivity contribution >= 4 is 34.2 Å². The Morgan fingerprint density at radius 3 is 2.82 bits per heavy atom. The summed E-state index contributed by atoms with van der Waals surface area (Å²) in [4.78, 5) is 38.0. The van der Waals surface area contributed by atoms with E-state index < -0.39 is 6.09 Å². The molecule has 1 aliphatic heterocycles. The Hall–Kier alpha value is -3.71. The van der Waals surface area contributed by atoms with Gasteiger partial charge < -0.3 is 14.2 Å². The molecule has 0 spiro atoms. The van der Waals surface area contributed by atoms with Crippen molar-refractivity contribution in [2.75, 3.05) is 18.1 Å². The van der Waals surface area contributed by atoms with Gasteiger partial charge in [-0.15, -0.1) is 11.3 Å². The van der Waals surface area contributed by atoms with Gasteiger partial charge in [0.05, 0.1) is 18.7 Å². The van der Waals surface area contributed by atoms with Crippen LogP contribution >= 0.6 is 11.3 Å². The van der Waals surface area contributed by atoms with Crippen LogP contribution in [0.1, 0.15) is 35.2 Å². The molecule has 3 aromatic heterocycles. The summed E-state index contributed by atoms with van der Waals surface area (Å²) in [5.41, 5.74) is 1.37. The van der Waals surface area contributed by atoms with Crippen molar-refractivity contribution in [3.63, 3.8) is 0 Å². The maximum Gasteiger partial charge on any atom is 0.410 e. The van der Waals surface area contributed by atoms with E-state index in [9.17, 15) is 14.9 Å². The van der Waals surface area contributed by atoms with E-state index in [1.165, 1.54) is 16.2 Å². The third kappa shape index (κ3) is 4.59. The number of aromatic nitrogens is 3. The fourth-order valence-corrected chi connectivity index (χ4v) is 5.11. The number of nitrogens with zero attached hydrogens (tertiary/aromatic N) is 6. The number of ether oxygens (including phenoxy) is 1. The molecule has 33 heavy (non-hydrogen) atoms. The van der Waals surface area contributed by atoms with E-state index >= 15 is 0 Å². The highest BCUT2D eigenvalue weighted by atomic mass is 32.1. The molecule has 3 aromatic rings. The predicted molar refractivity (Wildman–Crippen MR) is 123 cm³/mol. The van der Waals surface area contributed by atoms with E-state index in [0.29, 0.717) is 42.4 Å². The van der Waals surface area contributed by atoms with Gasteiger partial charge in [-0.1, -0.05) is 13.0 Å². The van der Waals surface area contributed by atoms with Gasteiger partial charge in [0.25, 0.3) is 0 Å². The second-order valence-corrected chi connectivity index (χ2v) is 8.60. The van der Waals surface area contributed by atoms with Crippen LogP contribution in [0, 0.1) is 18.3 Å². The topological polar surface area (TPSA) is 104 Å². The lowest BCUT2D eigenvalue weighted by Gasteiger charge is -2.26. The van der Waals surface area contributed by atoms with E-state index in [2.05, 4.69) is 16.0 Å². The summed E-state index contributed by atoms with van der Waals surface area (Å²) >= 11 is 1.36. The molecule has 0 aliphatic carbocycles. The van der Waals surface area contributed by atoms with Gasteiger partial charge in [0.2, 0.25) is 5.91 Å². The molecule has 0 N–H and O–H groups in total. The number of aryl methyl sites for hydroxylation is 1. The molecule has 4 rings (SSSR count). The minimum Gasteiger partial charge on any atom is -0.448 e. The minimum absolute atomic E-state index is 0.144. The van der Waals surface area contributed by atoms with E-state index in [4.69, 9.17) is 4.74 Å². The lowest BCUT2D eigenvalue weighted by molar-refractivity contribution is -0.117. The van der Waals surface area contributed by atoms with Gasteiger partial charge in [-0.05, 0) is 31.0 Å². The summed E-state index contributed by atoms with van der Waals surface area (Å²) in [6.07, 6.45) is 5.59.